The summed E-state index contributed by atoms with van der Waals surface area (Å²) in [6.45, 7) is 0. The number of carbonyl (C=O) groups excluding carboxylic acids is 1. The van der Waals surface area contributed by atoms with Gasteiger partial charge in [-0.3, -0.25) is 4.79 Å². The fourth-order valence-electron chi connectivity index (χ4n) is 0.927. The molecule has 50 valence electrons. The van der Waals surface area contributed by atoms with Crippen molar-refractivity contribution in [2.75, 3.05) is 0 Å². The van der Waals surface area contributed by atoms with E-state index in [-0.39, 0.29) is 0 Å². The van der Waals surface area contributed by atoms with Gasteiger partial charge in [-0.15, -0.1) is 0 Å². The molecule has 0 saturated carbocycles. The van der Waals surface area contributed by atoms with E-state index in [0.717, 1.165) is 11.1 Å². The molecular formula is C7H5NO2. The van der Waals surface area contributed by atoms with Crippen molar-refractivity contribution in [3.63, 3.8) is 0 Å². The number of furan rings is 1. The SMILES string of the molecule is O=Cc1cc2[nH]ccc2o1. The van der Waals surface area contributed by atoms with E-state index in [1.54, 1.807) is 18.3 Å². The molecule has 2 rings (SSSR count). The van der Waals surface area contributed by atoms with Gasteiger partial charge in [-0.05, 0) is 6.07 Å². The quantitative estimate of drug-likeness (QED) is 0.603. The largest absolute Gasteiger partial charge is 0.452 e. The molecule has 3 nitrogen and oxygen atoms in total. The minimum absolute atomic E-state index is 0.363. The third-order valence-corrected chi connectivity index (χ3v) is 1.37. The molecule has 3 heteroatoms. The Kier molecular flexibility index (Phi) is 0.917. The number of H-pyrrole nitrogens is 1. The van der Waals surface area contributed by atoms with Crippen LogP contribution in [0.3, 0.4) is 0 Å². The second-order valence-electron chi connectivity index (χ2n) is 2.02. The van der Waals surface area contributed by atoms with Crippen LogP contribution in [0.5, 0.6) is 0 Å². The lowest BCUT2D eigenvalue weighted by molar-refractivity contribution is 0.110. The summed E-state index contributed by atoms with van der Waals surface area (Å²) in [5.74, 6) is 0.363. The Morgan fingerprint density at radius 2 is 2.50 bits per heavy atom. The number of hydrogen-bond donors (Lipinski definition) is 1. The maximum atomic E-state index is 10.2. The topological polar surface area (TPSA) is 46.0 Å². The molecule has 0 bridgehead atoms. The van der Waals surface area contributed by atoms with Gasteiger partial charge in [0.15, 0.2) is 17.6 Å². The van der Waals surface area contributed by atoms with Gasteiger partial charge in [-0.2, -0.15) is 0 Å². The first-order chi connectivity index (χ1) is 4.90. The van der Waals surface area contributed by atoms with Crippen LogP contribution in [-0.4, -0.2) is 11.3 Å². The van der Waals surface area contributed by atoms with E-state index in [2.05, 4.69) is 4.98 Å². The van der Waals surface area contributed by atoms with E-state index in [0.29, 0.717) is 12.0 Å². The maximum absolute atomic E-state index is 10.2. The molecule has 0 aliphatic carbocycles. The van der Waals surface area contributed by atoms with Crippen LogP contribution in [0.1, 0.15) is 10.6 Å². The Morgan fingerprint density at radius 3 is 3.20 bits per heavy atom. The summed E-state index contributed by atoms with van der Waals surface area (Å²) in [6.07, 6.45) is 2.45. The molecule has 0 aliphatic rings. The lowest BCUT2D eigenvalue weighted by atomic mass is 10.4. The summed E-state index contributed by atoms with van der Waals surface area (Å²) in [4.78, 5) is 13.1. The van der Waals surface area contributed by atoms with Crippen LogP contribution in [0.25, 0.3) is 11.1 Å². The number of aldehydes is 1. The third kappa shape index (κ3) is 0.572. The number of hydrogen-bond acceptors (Lipinski definition) is 2. The van der Waals surface area contributed by atoms with Crippen LogP contribution in [0.15, 0.2) is 22.7 Å². The van der Waals surface area contributed by atoms with Gasteiger partial charge in [-0.1, -0.05) is 0 Å². The van der Waals surface area contributed by atoms with Gasteiger partial charge >= 0.3 is 0 Å². The van der Waals surface area contributed by atoms with E-state index < -0.39 is 0 Å². The van der Waals surface area contributed by atoms with Crippen LogP contribution >= 0.6 is 0 Å². The predicted octanol–water partition coefficient (Wildman–Crippen LogP) is 1.57. The first kappa shape index (κ1) is 5.29. The molecule has 0 aromatic carbocycles. The zero-order valence-electron chi connectivity index (χ0n) is 5.13. The van der Waals surface area contributed by atoms with Crippen LogP contribution < -0.4 is 0 Å². The van der Waals surface area contributed by atoms with Crippen molar-refractivity contribution in [1.82, 2.24) is 4.98 Å². The number of aromatic nitrogens is 1. The Bertz CT molecular complexity index is 330. The summed E-state index contributed by atoms with van der Waals surface area (Å²) >= 11 is 0. The van der Waals surface area contributed by atoms with E-state index >= 15 is 0 Å². The van der Waals surface area contributed by atoms with Gasteiger partial charge in [0.1, 0.15) is 0 Å². The zero-order valence-corrected chi connectivity index (χ0v) is 5.13. The van der Waals surface area contributed by atoms with Crippen LogP contribution in [0.4, 0.5) is 0 Å². The second kappa shape index (κ2) is 1.73. The van der Waals surface area contributed by atoms with Gasteiger partial charge in [-0.25, -0.2) is 0 Å². The second-order valence-corrected chi connectivity index (χ2v) is 2.02. The Morgan fingerprint density at radius 1 is 1.60 bits per heavy atom. The molecule has 0 saturated heterocycles. The van der Waals surface area contributed by atoms with Crippen LogP contribution in [0, 0.1) is 0 Å². The zero-order chi connectivity index (χ0) is 6.97. The van der Waals surface area contributed by atoms with Gasteiger partial charge in [0.25, 0.3) is 0 Å². The van der Waals surface area contributed by atoms with Crippen molar-refractivity contribution in [1.29, 1.82) is 0 Å². The molecule has 2 aromatic rings. The number of carbonyl (C=O) groups is 1. The maximum Gasteiger partial charge on any atom is 0.185 e. The standard InChI is InChI=1S/C7H5NO2/c9-4-5-3-6-7(10-5)1-2-8-6/h1-4,8H. The summed E-state index contributed by atoms with van der Waals surface area (Å²) in [6, 6.07) is 3.45. The molecule has 0 fully saturated rings. The number of rotatable bonds is 1. The Hall–Kier alpha value is -1.51. The molecular weight excluding hydrogens is 130 g/mol. The molecule has 0 unspecified atom stereocenters. The van der Waals surface area contributed by atoms with E-state index in [9.17, 15) is 4.79 Å². The van der Waals surface area contributed by atoms with Crippen LogP contribution in [0.2, 0.25) is 0 Å². The van der Waals surface area contributed by atoms with E-state index in [4.69, 9.17) is 4.42 Å². The number of aromatic amines is 1. The summed E-state index contributed by atoms with van der Waals surface area (Å²) in [7, 11) is 0. The van der Waals surface area contributed by atoms with Gasteiger partial charge in [0.05, 0.1) is 5.52 Å². The number of nitrogens with one attached hydrogen (secondary N) is 1. The molecule has 0 amide bonds. The lowest BCUT2D eigenvalue weighted by Crippen LogP contribution is -1.67. The summed E-state index contributed by atoms with van der Waals surface area (Å²) in [5, 5.41) is 0. The van der Waals surface area contributed by atoms with Crippen molar-refractivity contribution in [3.05, 3.63) is 24.1 Å². The van der Waals surface area contributed by atoms with Crippen molar-refractivity contribution in [2.24, 2.45) is 0 Å². The molecule has 2 aromatic heterocycles. The molecule has 10 heavy (non-hydrogen) atoms. The Balaban J connectivity index is 2.78. The average molecular weight is 135 g/mol. The van der Waals surface area contributed by atoms with Crippen molar-refractivity contribution < 1.29 is 9.21 Å². The molecule has 2 heterocycles. The molecule has 0 spiro atoms. The normalized spacial score (nSPS) is 10.4. The van der Waals surface area contributed by atoms with Crippen LogP contribution in [-0.2, 0) is 0 Å². The van der Waals surface area contributed by atoms with E-state index in [1.807, 2.05) is 0 Å². The van der Waals surface area contributed by atoms with Crippen molar-refractivity contribution in [3.8, 4) is 0 Å². The van der Waals surface area contributed by atoms with Gasteiger partial charge in [0.2, 0.25) is 0 Å². The highest BCUT2D eigenvalue weighted by Crippen LogP contribution is 2.15. The minimum atomic E-state index is 0.363. The summed E-state index contributed by atoms with van der Waals surface area (Å²) < 4.78 is 5.06. The highest BCUT2D eigenvalue weighted by molar-refractivity contribution is 5.82. The van der Waals surface area contributed by atoms with E-state index in [1.165, 1.54) is 0 Å². The highest BCUT2D eigenvalue weighted by Gasteiger charge is 2.00. The van der Waals surface area contributed by atoms with Gasteiger partial charge in [0, 0.05) is 12.3 Å². The first-order valence-electron chi connectivity index (χ1n) is 2.92. The average Bonchev–Trinajstić information content (AvgIpc) is 2.42. The molecule has 1 N–H and O–H groups in total. The fourth-order valence-corrected chi connectivity index (χ4v) is 0.927. The van der Waals surface area contributed by atoms with Crippen molar-refractivity contribution in [2.45, 2.75) is 0 Å². The Labute approximate surface area is 56.6 Å². The van der Waals surface area contributed by atoms with Crippen molar-refractivity contribution >= 4 is 17.4 Å². The monoisotopic (exact) mass is 135 g/mol. The lowest BCUT2D eigenvalue weighted by Gasteiger charge is -1.72. The molecule has 0 aliphatic heterocycles. The molecule has 0 atom stereocenters. The predicted molar refractivity (Wildman–Crippen MR) is 36.0 cm³/mol. The first-order valence-corrected chi connectivity index (χ1v) is 2.92. The summed E-state index contributed by atoms with van der Waals surface area (Å²) in [5.41, 5.74) is 1.59. The number of fused-ring (bicyclic) bond motifs is 1. The highest BCUT2D eigenvalue weighted by atomic mass is 16.3. The minimum Gasteiger partial charge on any atom is -0.452 e. The molecule has 0 radical (unpaired) electrons. The fraction of sp³-hybridized carbons (Fsp3) is 0. The third-order valence-electron chi connectivity index (χ3n) is 1.37. The van der Waals surface area contributed by atoms with Gasteiger partial charge < -0.3 is 9.40 Å². The smallest absolute Gasteiger partial charge is 0.185 e.